The van der Waals surface area contributed by atoms with Crippen LogP contribution < -0.4 is 10.9 Å². The van der Waals surface area contributed by atoms with Crippen LogP contribution in [0.25, 0.3) is 0 Å². The predicted octanol–water partition coefficient (Wildman–Crippen LogP) is 2.10. The highest BCUT2D eigenvalue weighted by atomic mass is 19.1. The van der Waals surface area contributed by atoms with Crippen LogP contribution in [-0.2, 0) is 13.0 Å². The zero-order chi connectivity index (χ0) is 14.1. The zero-order valence-corrected chi connectivity index (χ0v) is 11.3. The van der Waals surface area contributed by atoms with Gasteiger partial charge in [0.05, 0.1) is 17.9 Å². The van der Waals surface area contributed by atoms with E-state index >= 15 is 0 Å². The quantitative estimate of drug-likeness (QED) is 0.911. The number of benzene rings is 1. The van der Waals surface area contributed by atoms with Crippen molar-refractivity contribution < 1.29 is 4.39 Å². The van der Waals surface area contributed by atoms with Crippen molar-refractivity contribution in [3.8, 4) is 0 Å². The van der Waals surface area contributed by atoms with Gasteiger partial charge in [-0.05, 0) is 43.0 Å². The summed E-state index contributed by atoms with van der Waals surface area (Å²) in [4.78, 5) is 12.1. The number of anilines is 1. The molecule has 0 atom stereocenters. The molecule has 0 unspecified atom stereocenters. The first-order valence-electron chi connectivity index (χ1n) is 6.73. The summed E-state index contributed by atoms with van der Waals surface area (Å²) in [6.07, 6.45) is 1.90. The lowest BCUT2D eigenvalue weighted by Gasteiger charge is -2.18. The Morgan fingerprint density at radius 1 is 1.40 bits per heavy atom. The molecule has 4 nitrogen and oxygen atoms in total. The minimum absolute atomic E-state index is 0.137. The summed E-state index contributed by atoms with van der Waals surface area (Å²) in [6, 6.07) is 6.19. The van der Waals surface area contributed by atoms with Crippen LogP contribution in [0, 0.1) is 12.7 Å². The van der Waals surface area contributed by atoms with E-state index in [1.807, 2.05) is 6.92 Å². The average molecular weight is 273 g/mol. The third-order valence-electron chi connectivity index (χ3n) is 3.61. The van der Waals surface area contributed by atoms with Crippen LogP contribution in [0.4, 0.5) is 10.1 Å². The van der Waals surface area contributed by atoms with Crippen molar-refractivity contribution in [2.24, 2.45) is 0 Å². The van der Waals surface area contributed by atoms with E-state index in [0.717, 1.165) is 41.9 Å². The van der Waals surface area contributed by atoms with E-state index in [2.05, 4.69) is 10.4 Å². The fourth-order valence-corrected chi connectivity index (χ4v) is 2.46. The first-order valence-corrected chi connectivity index (χ1v) is 6.73. The second kappa shape index (κ2) is 5.07. The van der Waals surface area contributed by atoms with Gasteiger partial charge in [-0.2, -0.15) is 5.10 Å². The second-order valence-electron chi connectivity index (χ2n) is 5.10. The first-order chi connectivity index (χ1) is 9.63. The van der Waals surface area contributed by atoms with E-state index < -0.39 is 0 Å². The topological polar surface area (TPSA) is 46.9 Å². The summed E-state index contributed by atoms with van der Waals surface area (Å²) in [5.74, 6) is -0.263. The molecule has 1 aromatic heterocycles. The van der Waals surface area contributed by atoms with Crippen molar-refractivity contribution in [3.05, 3.63) is 57.3 Å². The van der Waals surface area contributed by atoms with Gasteiger partial charge in [0.25, 0.3) is 5.56 Å². The van der Waals surface area contributed by atoms with Gasteiger partial charge in [0.1, 0.15) is 5.82 Å². The number of nitrogens with one attached hydrogen (secondary N) is 1. The molecule has 0 fully saturated rings. The van der Waals surface area contributed by atoms with Crippen molar-refractivity contribution in [3.63, 3.8) is 0 Å². The van der Waals surface area contributed by atoms with Crippen molar-refractivity contribution in [2.75, 3.05) is 11.9 Å². The van der Waals surface area contributed by atoms with Crippen LogP contribution in [0.1, 0.15) is 23.2 Å². The molecule has 0 aliphatic carbocycles. The van der Waals surface area contributed by atoms with Gasteiger partial charge in [0, 0.05) is 12.6 Å². The molecular formula is C15H16FN3O. The van der Waals surface area contributed by atoms with E-state index in [1.165, 1.54) is 16.8 Å². The number of halogens is 1. The normalized spacial score (nSPS) is 13.7. The van der Waals surface area contributed by atoms with Gasteiger partial charge in [-0.15, -0.1) is 0 Å². The molecule has 1 aliphatic rings. The number of aromatic nitrogens is 2. The number of nitrogens with zero attached hydrogens (tertiary/aromatic N) is 2. The standard InChI is InChI=1S/C15H16FN3O/c1-10-7-12(16)5-4-11(10)9-19-15(20)8-14-13(18-19)3-2-6-17-14/h4-5,7-8,17H,2-3,6,9H2,1H3. The summed E-state index contributed by atoms with van der Waals surface area (Å²) < 4.78 is 14.5. The minimum atomic E-state index is -0.263. The fraction of sp³-hybridized carbons (Fsp3) is 0.333. The second-order valence-corrected chi connectivity index (χ2v) is 5.10. The molecule has 3 rings (SSSR count). The number of fused-ring (bicyclic) bond motifs is 1. The monoisotopic (exact) mass is 273 g/mol. The van der Waals surface area contributed by atoms with Gasteiger partial charge in [0.15, 0.2) is 0 Å². The highest BCUT2D eigenvalue weighted by Crippen LogP contribution is 2.17. The number of hydrogen-bond acceptors (Lipinski definition) is 3. The van der Waals surface area contributed by atoms with Crippen LogP contribution in [0.2, 0.25) is 0 Å². The molecule has 0 amide bonds. The van der Waals surface area contributed by atoms with Gasteiger partial charge in [-0.25, -0.2) is 9.07 Å². The smallest absolute Gasteiger partial charge is 0.269 e. The van der Waals surface area contributed by atoms with E-state index in [4.69, 9.17) is 0 Å². The summed E-state index contributed by atoms with van der Waals surface area (Å²) >= 11 is 0. The van der Waals surface area contributed by atoms with Crippen molar-refractivity contribution in [2.45, 2.75) is 26.3 Å². The number of rotatable bonds is 2. The summed E-state index contributed by atoms with van der Waals surface area (Å²) in [5, 5.41) is 7.61. The predicted molar refractivity (Wildman–Crippen MR) is 75.5 cm³/mol. The lowest BCUT2D eigenvalue weighted by Crippen LogP contribution is -2.27. The van der Waals surface area contributed by atoms with E-state index in [0.29, 0.717) is 6.54 Å². The Hall–Kier alpha value is -2.17. The largest absolute Gasteiger partial charge is 0.383 e. The molecule has 2 heterocycles. The molecule has 1 aliphatic heterocycles. The maximum absolute atomic E-state index is 13.1. The maximum Gasteiger partial charge on any atom is 0.269 e. The van der Waals surface area contributed by atoms with Crippen LogP contribution in [0.3, 0.4) is 0 Å². The highest BCUT2D eigenvalue weighted by molar-refractivity contribution is 5.48. The number of aryl methyl sites for hydroxylation is 2. The molecule has 0 saturated carbocycles. The Bertz CT molecular complexity index is 709. The minimum Gasteiger partial charge on any atom is -0.383 e. The van der Waals surface area contributed by atoms with Crippen LogP contribution in [0.15, 0.2) is 29.1 Å². The number of hydrogen-bond donors (Lipinski definition) is 1. The molecule has 2 aromatic rings. The Balaban J connectivity index is 1.96. The van der Waals surface area contributed by atoms with E-state index in [9.17, 15) is 9.18 Å². The summed E-state index contributed by atoms with van der Waals surface area (Å²) in [7, 11) is 0. The average Bonchev–Trinajstić information content (AvgIpc) is 2.42. The highest BCUT2D eigenvalue weighted by Gasteiger charge is 2.13. The van der Waals surface area contributed by atoms with Crippen molar-refractivity contribution in [1.82, 2.24) is 9.78 Å². The first kappa shape index (κ1) is 12.8. The SMILES string of the molecule is Cc1cc(F)ccc1Cn1nc2c(cc1=O)NCCC2. The lowest BCUT2D eigenvalue weighted by atomic mass is 10.1. The fourth-order valence-electron chi connectivity index (χ4n) is 2.46. The maximum atomic E-state index is 13.1. The zero-order valence-electron chi connectivity index (χ0n) is 11.3. The third kappa shape index (κ3) is 2.43. The van der Waals surface area contributed by atoms with Gasteiger partial charge in [-0.1, -0.05) is 6.07 Å². The third-order valence-corrected chi connectivity index (χ3v) is 3.61. The summed E-state index contributed by atoms with van der Waals surface area (Å²) in [6.45, 7) is 3.09. The molecular weight excluding hydrogens is 257 g/mol. The molecule has 1 N–H and O–H groups in total. The van der Waals surface area contributed by atoms with Crippen LogP contribution in [-0.4, -0.2) is 16.3 Å². The molecule has 1 aromatic carbocycles. The molecule has 0 spiro atoms. The van der Waals surface area contributed by atoms with E-state index in [-0.39, 0.29) is 11.4 Å². The van der Waals surface area contributed by atoms with Gasteiger partial charge in [-0.3, -0.25) is 4.79 Å². The van der Waals surface area contributed by atoms with Crippen molar-refractivity contribution >= 4 is 5.69 Å². The lowest BCUT2D eigenvalue weighted by molar-refractivity contribution is 0.600. The molecule has 5 heteroatoms. The molecule has 0 bridgehead atoms. The molecule has 20 heavy (non-hydrogen) atoms. The van der Waals surface area contributed by atoms with Crippen LogP contribution in [0.5, 0.6) is 0 Å². The van der Waals surface area contributed by atoms with Gasteiger partial charge < -0.3 is 5.32 Å². The Morgan fingerprint density at radius 3 is 3.05 bits per heavy atom. The van der Waals surface area contributed by atoms with Gasteiger partial charge in [0.2, 0.25) is 0 Å². The molecule has 0 saturated heterocycles. The Kier molecular flexibility index (Phi) is 3.26. The Labute approximate surface area is 116 Å². The Morgan fingerprint density at radius 2 is 2.25 bits per heavy atom. The summed E-state index contributed by atoms with van der Waals surface area (Å²) in [5.41, 5.74) is 3.37. The van der Waals surface area contributed by atoms with Gasteiger partial charge >= 0.3 is 0 Å². The molecule has 104 valence electrons. The van der Waals surface area contributed by atoms with Crippen LogP contribution >= 0.6 is 0 Å². The molecule has 0 radical (unpaired) electrons. The van der Waals surface area contributed by atoms with Crippen molar-refractivity contribution in [1.29, 1.82) is 0 Å². The van der Waals surface area contributed by atoms with E-state index in [1.54, 1.807) is 12.1 Å².